The molecule has 0 aliphatic rings. The van der Waals surface area contributed by atoms with Gasteiger partial charge in [0.15, 0.2) is 5.82 Å². The summed E-state index contributed by atoms with van der Waals surface area (Å²) in [7, 11) is 0. The van der Waals surface area contributed by atoms with E-state index < -0.39 is 0 Å². The Hall–Kier alpha value is -7.36. The summed E-state index contributed by atoms with van der Waals surface area (Å²) >= 11 is 0. The molecule has 3 heterocycles. The average molecular weight is 721 g/mol. The van der Waals surface area contributed by atoms with Crippen LogP contribution >= 0.6 is 0 Å². The molecular weight excluding hydrogens is 685 g/mol. The number of aryl methyl sites for hydroxylation is 4. The molecular formula is C50H36N6. The first-order valence-electron chi connectivity index (χ1n) is 18.8. The smallest absolute Gasteiger partial charge is 0.165 e. The van der Waals surface area contributed by atoms with Crippen molar-refractivity contribution in [3.63, 3.8) is 0 Å². The second kappa shape index (κ2) is 12.9. The Balaban J connectivity index is 1.31. The Morgan fingerprint density at radius 2 is 0.911 bits per heavy atom. The number of nitrogens with zero attached hydrogens (tertiary/aromatic N) is 6. The zero-order chi connectivity index (χ0) is 38.1. The van der Waals surface area contributed by atoms with E-state index in [-0.39, 0.29) is 0 Å². The van der Waals surface area contributed by atoms with Gasteiger partial charge in [0.2, 0.25) is 0 Å². The van der Waals surface area contributed by atoms with Crippen molar-refractivity contribution >= 4 is 43.6 Å². The van der Waals surface area contributed by atoms with Crippen LogP contribution in [0.2, 0.25) is 0 Å². The van der Waals surface area contributed by atoms with Crippen molar-refractivity contribution < 1.29 is 0 Å². The van der Waals surface area contributed by atoms with Crippen LogP contribution in [0.5, 0.6) is 0 Å². The van der Waals surface area contributed by atoms with Gasteiger partial charge in [0.05, 0.1) is 45.1 Å². The molecule has 0 aliphatic carbocycles. The molecule has 0 radical (unpaired) electrons. The van der Waals surface area contributed by atoms with Gasteiger partial charge in [-0.2, -0.15) is 5.26 Å². The van der Waals surface area contributed by atoms with Crippen molar-refractivity contribution in [2.75, 3.05) is 0 Å². The molecule has 0 atom stereocenters. The van der Waals surface area contributed by atoms with E-state index in [1.807, 2.05) is 38.1 Å². The molecule has 0 unspecified atom stereocenters. The molecule has 0 N–H and O–H groups in total. The fraction of sp³-hybridized carbons (Fsp3) is 0.0800. The van der Waals surface area contributed by atoms with Gasteiger partial charge in [0.25, 0.3) is 0 Å². The van der Waals surface area contributed by atoms with Crippen molar-refractivity contribution in [2.24, 2.45) is 0 Å². The number of benzene rings is 7. The molecule has 6 heteroatoms. The first-order chi connectivity index (χ1) is 27.4. The predicted octanol–water partition coefficient (Wildman–Crippen LogP) is 12.2. The lowest BCUT2D eigenvalue weighted by Crippen LogP contribution is -2.04. The van der Waals surface area contributed by atoms with E-state index in [0.29, 0.717) is 23.0 Å². The van der Waals surface area contributed by atoms with Crippen LogP contribution in [0.15, 0.2) is 146 Å². The van der Waals surface area contributed by atoms with Crippen LogP contribution in [-0.4, -0.2) is 24.1 Å². The molecule has 0 fully saturated rings. The van der Waals surface area contributed by atoms with Crippen molar-refractivity contribution in [3.05, 3.63) is 174 Å². The number of aromatic nitrogens is 5. The van der Waals surface area contributed by atoms with Crippen LogP contribution in [-0.2, 0) is 0 Å². The average Bonchev–Trinajstić information content (AvgIpc) is 3.72. The predicted molar refractivity (Wildman–Crippen MR) is 228 cm³/mol. The second-order valence-corrected chi connectivity index (χ2v) is 14.6. The maximum absolute atomic E-state index is 10.1. The third kappa shape index (κ3) is 5.28. The van der Waals surface area contributed by atoms with Gasteiger partial charge in [-0.25, -0.2) is 15.0 Å². The fourth-order valence-corrected chi connectivity index (χ4v) is 8.47. The molecule has 56 heavy (non-hydrogen) atoms. The topological polar surface area (TPSA) is 72.3 Å². The summed E-state index contributed by atoms with van der Waals surface area (Å²) < 4.78 is 4.72. The number of fused-ring (bicyclic) bond motifs is 6. The first-order valence-corrected chi connectivity index (χ1v) is 18.8. The van der Waals surface area contributed by atoms with Crippen molar-refractivity contribution in [2.45, 2.75) is 27.7 Å². The first kappa shape index (κ1) is 33.2. The normalized spacial score (nSPS) is 11.6. The molecule has 3 aromatic heterocycles. The molecule has 10 rings (SSSR count). The van der Waals surface area contributed by atoms with E-state index >= 15 is 0 Å². The van der Waals surface area contributed by atoms with Crippen molar-refractivity contribution in [1.29, 1.82) is 5.26 Å². The number of hydrogen-bond acceptors (Lipinski definition) is 4. The lowest BCUT2D eigenvalue weighted by Gasteiger charge is -2.19. The standard InChI is InChI=1S/C50H36N6/c1-30-17-21-47-41(25-30)38-13-7-9-15-44(38)55(47)46-23-19-34(37-12-6-5-11-36(37)29-51)27-40(46)35-20-24-49(43(28-35)50-53-32(3)52-33(4)54-50)56-45-16-10-8-14-39(45)42-26-31(2)18-22-48(42)56/h5-28H,1-4H3. The van der Waals surface area contributed by atoms with Gasteiger partial charge in [0.1, 0.15) is 11.6 Å². The third-order valence-electron chi connectivity index (χ3n) is 10.9. The lowest BCUT2D eigenvalue weighted by molar-refractivity contribution is 0.927. The highest BCUT2D eigenvalue weighted by Gasteiger charge is 2.22. The summed E-state index contributed by atoms with van der Waals surface area (Å²) in [5.74, 6) is 1.95. The van der Waals surface area contributed by atoms with E-state index in [9.17, 15) is 5.26 Å². The summed E-state index contributed by atoms with van der Waals surface area (Å²) in [6, 6.07) is 54.0. The van der Waals surface area contributed by atoms with Gasteiger partial charge in [-0.05, 0) is 111 Å². The summed E-state index contributed by atoms with van der Waals surface area (Å²) in [6.07, 6.45) is 0. The number of rotatable bonds is 5. The largest absolute Gasteiger partial charge is 0.309 e. The third-order valence-corrected chi connectivity index (χ3v) is 10.9. The highest BCUT2D eigenvalue weighted by atomic mass is 15.0. The zero-order valence-electron chi connectivity index (χ0n) is 31.5. The Kier molecular flexibility index (Phi) is 7.65. The molecule has 7 aromatic carbocycles. The summed E-state index contributed by atoms with van der Waals surface area (Å²) in [5, 5.41) is 14.9. The van der Waals surface area contributed by atoms with Gasteiger partial charge in [-0.3, -0.25) is 0 Å². The SMILES string of the molecule is Cc1ccc2c(c1)c1ccccc1n2-c1ccc(-c2ccccc2C#N)cc1-c1ccc(-n2c3ccccc3c3cc(C)ccc32)c(-c2nc(C)nc(C)n2)c1. The van der Waals surface area contributed by atoms with Crippen LogP contribution in [0.1, 0.15) is 28.3 Å². The molecule has 0 bridgehead atoms. The van der Waals surface area contributed by atoms with Crippen molar-refractivity contribution in [3.8, 4) is 51.1 Å². The molecule has 0 spiro atoms. The van der Waals surface area contributed by atoms with Crippen molar-refractivity contribution in [1.82, 2.24) is 24.1 Å². The minimum atomic E-state index is 0.616. The number of hydrogen-bond donors (Lipinski definition) is 0. The fourth-order valence-electron chi connectivity index (χ4n) is 8.47. The molecule has 0 aliphatic heterocycles. The van der Waals surface area contributed by atoms with E-state index in [1.165, 1.54) is 32.7 Å². The minimum absolute atomic E-state index is 0.616. The number of para-hydroxylation sites is 2. The Morgan fingerprint density at radius 3 is 1.50 bits per heavy atom. The van der Waals surface area contributed by atoms with Gasteiger partial charge < -0.3 is 9.13 Å². The molecule has 10 aromatic rings. The monoisotopic (exact) mass is 720 g/mol. The summed E-state index contributed by atoms with van der Waals surface area (Å²) in [6.45, 7) is 8.12. The summed E-state index contributed by atoms with van der Waals surface area (Å²) in [4.78, 5) is 14.5. The van der Waals surface area contributed by atoms with E-state index in [4.69, 9.17) is 9.97 Å². The molecule has 6 nitrogen and oxygen atoms in total. The summed E-state index contributed by atoms with van der Waals surface area (Å²) in [5.41, 5.74) is 14.3. The van der Waals surface area contributed by atoms with Crippen LogP contribution in [0.25, 0.3) is 88.6 Å². The maximum Gasteiger partial charge on any atom is 0.165 e. The van der Waals surface area contributed by atoms with Crippen LogP contribution in [0, 0.1) is 39.0 Å². The maximum atomic E-state index is 10.1. The highest BCUT2D eigenvalue weighted by Crippen LogP contribution is 2.42. The van der Waals surface area contributed by atoms with E-state index in [0.717, 1.165) is 61.3 Å². The molecule has 0 saturated heterocycles. The Labute approximate surface area is 324 Å². The molecule has 266 valence electrons. The minimum Gasteiger partial charge on any atom is -0.309 e. The van der Waals surface area contributed by atoms with Crippen LogP contribution in [0.3, 0.4) is 0 Å². The quantitative estimate of drug-likeness (QED) is 0.177. The van der Waals surface area contributed by atoms with E-state index in [2.05, 4.69) is 155 Å². The number of nitriles is 1. The van der Waals surface area contributed by atoms with Gasteiger partial charge in [0, 0.05) is 32.7 Å². The lowest BCUT2D eigenvalue weighted by atomic mass is 9.93. The highest BCUT2D eigenvalue weighted by molar-refractivity contribution is 6.11. The molecule has 0 amide bonds. The van der Waals surface area contributed by atoms with Crippen LogP contribution in [0.4, 0.5) is 0 Å². The second-order valence-electron chi connectivity index (χ2n) is 14.6. The van der Waals surface area contributed by atoms with Gasteiger partial charge in [-0.15, -0.1) is 0 Å². The van der Waals surface area contributed by atoms with E-state index in [1.54, 1.807) is 0 Å². The van der Waals surface area contributed by atoms with Gasteiger partial charge >= 0.3 is 0 Å². The zero-order valence-corrected chi connectivity index (χ0v) is 31.5. The molecule has 0 saturated carbocycles. The Bertz CT molecular complexity index is 3250. The Morgan fingerprint density at radius 1 is 0.429 bits per heavy atom. The van der Waals surface area contributed by atoms with Gasteiger partial charge in [-0.1, -0.05) is 90.0 Å². The van der Waals surface area contributed by atoms with Crippen LogP contribution < -0.4 is 0 Å².